The van der Waals surface area contributed by atoms with Crippen molar-refractivity contribution in [1.29, 1.82) is 0 Å². The summed E-state index contributed by atoms with van der Waals surface area (Å²) in [5.74, 6) is 0.987. The summed E-state index contributed by atoms with van der Waals surface area (Å²) < 4.78 is 6.52. The van der Waals surface area contributed by atoms with Gasteiger partial charge >= 0.3 is 0 Å². The Morgan fingerprint density at radius 2 is 2.04 bits per heavy atom. The first-order valence-electron chi connectivity index (χ1n) is 9.68. The maximum absolute atomic E-state index is 13.0. The number of pyridine rings is 1. The lowest BCUT2D eigenvalue weighted by Gasteiger charge is -2.26. The van der Waals surface area contributed by atoms with Crippen molar-refractivity contribution in [2.75, 3.05) is 7.11 Å². The quantitative estimate of drug-likeness (QED) is 0.698. The van der Waals surface area contributed by atoms with Crippen molar-refractivity contribution in [3.05, 3.63) is 86.5 Å². The van der Waals surface area contributed by atoms with Gasteiger partial charge in [0.15, 0.2) is 5.82 Å². The lowest BCUT2D eigenvalue weighted by molar-refractivity contribution is 0.184. The van der Waals surface area contributed by atoms with Gasteiger partial charge in [0.25, 0.3) is 5.56 Å². The second-order valence-electron chi connectivity index (χ2n) is 7.62. The van der Waals surface area contributed by atoms with Crippen molar-refractivity contribution >= 4 is 0 Å². The minimum atomic E-state index is -0.0523. The van der Waals surface area contributed by atoms with Crippen LogP contribution in [-0.4, -0.2) is 21.9 Å². The number of hydrogen-bond donors (Lipinski definition) is 0. The third-order valence-electron chi connectivity index (χ3n) is 5.58. The van der Waals surface area contributed by atoms with Crippen LogP contribution in [-0.2, 0) is 24.2 Å². The van der Waals surface area contributed by atoms with Gasteiger partial charge in [0, 0.05) is 18.9 Å². The first-order valence-corrected chi connectivity index (χ1v) is 9.68. The van der Waals surface area contributed by atoms with E-state index in [1.165, 1.54) is 21.4 Å². The number of benzene rings is 1. The number of hydrogen-bond acceptors (Lipinski definition) is 4. The van der Waals surface area contributed by atoms with Gasteiger partial charge in [-0.25, -0.2) is 4.98 Å². The summed E-state index contributed by atoms with van der Waals surface area (Å²) in [6.45, 7) is 4.79. The maximum atomic E-state index is 13.0. The molecule has 144 valence electrons. The minimum absolute atomic E-state index is 0.0523. The van der Waals surface area contributed by atoms with Crippen LogP contribution in [0.2, 0.25) is 0 Å². The van der Waals surface area contributed by atoms with Crippen molar-refractivity contribution < 1.29 is 4.74 Å². The Kier molecular flexibility index (Phi) is 5.09. The molecule has 1 unspecified atom stereocenters. The molecule has 0 amide bonds. The predicted molar refractivity (Wildman–Crippen MR) is 109 cm³/mol. The van der Waals surface area contributed by atoms with Gasteiger partial charge < -0.3 is 4.74 Å². The molecule has 0 saturated carbocycles. The molecular weight excluding hydrogens is 350 g/mol. The number of nitrogens with zero attached hydrogens (tertiary/aromatic N) is 3. The zero-order chi connectivity index (χ0) is 19.7. The molecule has 2 heterocycles. The average molecular weight is 375 g/mol. The van der Waals surface area contributed by atoms with E-state index >= 15 is 0 Å². The average Bonchev–Trinajstić information content (AvgIpc) is 2.69. The Hall–Kier alpha value is -2.79. The maximum Gasteiger partial charge on any atom is 0.276 e. The van der Waals surface area contributed by atoms with Gasteiger partial charge in [0.1, 0.15) is 0 Å². The molecule has 0 bridgehead atoms. The molecule has 1 aromatic carbocycles. The van der Waals surface area contributed by atoms with E-state index in [1.807, 2.05) is 18.3 Å². The molecule has 1 aliphatic rings. The molecule has 4 rings (SSSR count). The summed E-state index contributed by atoms with van der Waals surface area (Å²) in [4.78, 5) is 17.4. The highest BCUT2D eigenvalue weighted by Crippen LogP contribution is 2.33. The number of fused-ring (bicyclic) bond motifs is 1. The summed E-state index contributed by atoms with van der Waals surface area (Å²) >= 11 is 0. The first kappa shape index (κ1) is 18.6. The number of ether oxygens (including phenoxy) is 1. The smallest absolute Gasteiger partial charge is 0.276 e. The van der Waals surface area contributed by atoms with E-state index in [-0.39, 0.29) is 5.56 Å². The van der Waals surface area contributed by atoms with E-state index < -0.39 is 0 Å². The largest absolute Gasteiger partial charge is 0.380 e. The van der Waals surface area contributed by atoms with Crippen LogP contribution in [0.25, 0.3) is 5.82 Å². The molecule has 0 saturated heterocycles. The van der Waals surface area contributed by atoms with Gasteiger partial charge in [-0.2, -0.15) is 9.78 Å². The molecule has 3 aromatic rings. The standard InChI is InChI=1S/C23H25N3O2/c1-15-4-7-20(16(2)10-15)18-6-8-21-19(11-18)13-25-26(23(21)27)22-9-5-17(12-24-22)14-28-3/h4-5,7,9-10,12-13,18H,6,8,11,14H2,1-3H3. The molecule has 0 radical (unpaired) electrons. The Balaban J connectivity index is 1.63. The van der Waals surface area contributed by atoms with Crippen LogP contribution in [0.5, 0.6) is 0 Å². The molecule has 0 spiro atoms. The van der Waals surface area contributed by atoms with Gasteiger partial charge in [-0.05, 0) is 67.3 Å². The van der Waals surface area contributed by atoms with Gasteiger partial charge in [-0.3, -0.25) is 4.79 Å². The summed E-state index contributed by atoms with van der Waals surface area (Å²) in [5, 5.41) is 4.41. The SMILES string of the molecule is COCc1ccc(-n2ncc3c(c2=O)CCC(c2ccc(C)cc2C)C3)nc1. The van der Waals surface area contributed by atoms with E-state index in [2.05, 4.69) is 42.1 Å². The lowest BCUT2D eigenvalue weighted by Crippen LogP contribution is -2.30. The fourth-order valence-corrected chi connectivity index (χ4v) is 4.16. The van der Waals surface area contributed by atoms with Gasteiger partial charge in [-0.1, -0.05) is 29.8 Å². The second-order valence-corrected chi connectivity index (χ2v) is 7.62. The Bertz CT molecular complexity index is 1050. The van der Waals surface area contributed by atoms with Gasteiger partial charge in [0.2, 0.25) is 0 Å². The van der Waals surface area contributed by atoms with Crippen LogP contribution in [0.1, 0.15) is 45.7 Å². The molecular formula is C23H25N3O2. The highest BCUT2D eigenvalue weighted by atomic mass is 16.5. The van der Waals surface area contributed by atoms with Crippen LogP contribution in [0.3, 0.4) is 0 Å². The van der Waals surface area contributed by atoms with Crippen LogP contribution < -0.4 is 5.56 Å². The molecule has 1 atom stereocenters. The van der Waals surface area contributed by atoms with Crippen molar-refractivity contribution in [3.8, 4) is 5.82 Å². The first-order chi connectivity index (χ1) is 13.6. The number of aromatic nitrogens is 3. The highest BCUT2D eigenvalue weighted by molar-refractivity contribution is 5.37. The van der Waals surface area contributed by atoms with Crippen LogP contribution in [0.15, 0.2) is 47.5 Å². The molecule has 0 N–H and O–H groups in total. The van der Waals surface area contributed by atoms with E-state index in [1.54, 1.807) is 13.3 Å². The molecule has 0 fully saturated rings. The summed E-state index contributed by atoms with van der Waals surface area (Å²) in [7, 11) is 1.65. The van der Waals surface area contributed by atoms with Crippen LogP contribution in [0.4, 0.5) is 0 Å². The molecule has 2 aromatic heterocycles. The third-order valence-corrected chi connectivity index (χ3v) is 5.58. The van der Waals surface area contributed by atoms with Crippen molar-refractivity contribution in [3.63, 3.8) is 0 Å². The summed E-state index contributed by atoms with van der Waals surface area (Å²) in [6, 6.07) is 10.4. The van der Waals surface area contributed by atoms with Crippen molar-refractivity contribution in [2.24, 2.45) is 0 Å². The van der Waals surface area contributed by atoms with Crippen molar-refractivity contribution in [1.82, 2.24) is 14.8 Å². The molecule has 0 aliphatic heterocycles. The van der Waals surface area contributed by atoms with Gasteiger partial charge in [-0.15, -0.1) is 0 Å². The lowest BCUT2D eigenvalue weighted by atomic mass is 9.79. The van der Waals surface area contributed by atoms with E-state index in [9.17, 15) is 4.79 Å². The van der Waals surface area contributed by atoms with E-state index in [4.69, 9.17) is 4.74 Å². The van der Waals surface area contributed by atoms with Gasteiger partial charge in [0.05, 0.1) is 12.8 Å². The summed E-state index contributed by atoms with van der Waals surface area (Å²) in [5.41, 5.74) is 6.85. The minimum Gasteiger partial charge on any atom is -0.380 e. The number of aryl methyl sites for hydroxylation is 2. The fraction of sp³-hybridized carbons (Fsp3) is 0.348. The number of methoxy groups -OCH3 is 1. The Morgan fingerprint density at radius 1 is 1.18 bits per heavy atom. The predicted octanol–water partition coefficient (Wildman–Crippen LogP) is 3.66. The highest BCUT2D eigenvalue weighted by Gasteiger charge is 2.24. The zero-order valence-corrected chi connectivity index (χ0v) is 16.6. The topological polar surface area (TPSA) is 57.0 Å². The third kappa shape index (κ3) is 3.50. The normalized spacial score (nSPS) is 16.0. The van der Waals surface area contributed by atoms with E-state index in [0.29, 0.717) is 18.3 Å². The second kappa shape index (κ2) is 7.68. The van der Waals surface area contributed by atoms with E-state index in [0.717, 1.165) is 36.0 Å². The fourth-order valence-electron chi connectivity index (χ4n) is 4.16. The molecule has 1 aliphatic carbocycles. The monoisotopic (exact) mass is 375 g/mol. The molecule has 5 heteroatoms. The molecule has 5 nitrogen and oxygen atoms in total. The number of rotatable bonds is 4. The Labute approximate surface area is 165 Å². The van der Waals surface area contributed by atoms with Crippen LogP contribution in [0, 0.1) is 13.8 Å². The van der Waals surface area contributed by atoms with Crippen LogP contribution >= 0.6 is 0 Å². The zero-order valence-electron chi connectivity index (χ0n) is 16.6. The van der Waals surface area contributed by atoms with Crippen molar-refractivity contribution in [2.45, 2.75) is 45.6 Å². The Morgan fingerprint density at radius 3 is 2.75 bits per heavy atom. The molecule has 28 heavy (non-hydrogen) atoms. The summed E-state index contributed by atoms with van der Waals surface area (Å²) in [6.07, 6.45) is 6.19.